The van der Waals surface area contributed by atoms with Crippen molar-refractivity contribution >= 4 is 15.9 Å². The molecule has 88 valence electrons. The van der Waals surface area contributed by atoms with Crippen LogP contribution in [0.2, 0.25) is 0 Å². The van der Waals surface area contributed by atoms with E-state index >= 15 is 0 Å². The van der Waals surface area contributed by atoms with E-state index in [0.29, 0.717) is 0 Å². The standard InChI is InChI=1S/C13H14BrN3/c1-9-12-7-16(2)8-13(12)17(15-9)11-5-3-4-10(14)6-11/h3-6H,7-8H2,1-2H3. The normalized spacial score (nSPS) is 15.2. The number of aromatic nitrogens is 2. The van der Waals surface area contributed by atoms with Crippen molar-refractivity contribution in [1.29, 1.82) is 0 Å². The molecule has 1 aliphatic rings. The average molecular weight is 292 g/mol. The Labute approximate surface area is 109 Å². The SMILES string of the molecule is Cc1nn(-c2cccc(Br)c2)c2c1CN(C)C2. The maximum atomic E-state index is 4.65. The lowest BCUT2D eigenvalue weighted by atomic mass is 10.2. The number of benzene rings is 1. The van der Waals surface area contributed by atoms with Gasteiger partial charge >= 0.3 is 0 Å². The maximum absolute atomic E-state index is 4.65. The predicted molar refractivity (Wildman–Crippen MR) is 71.2 cm³/mol. The highest BCUT2D eigenvalue weighted by atomic mass is 79.9. The van der Waals surface area contributed by atoms with Gasteiger partial charge in [0.05, 0.1) is 17.1 Å². The summed E-state index contributed by atoms with van der Waals surface area (Å²) in [6.45, 7) is 4.07. The lowest BCUT2D eigenvalue weighted by Crippen LogP contribution is -2.12. The first-order valence-corrected chi connectivity index (χ1v) is 6.46. The zero-order valence-corrected chi connectivity index (χ0v) is 11.5. The molecule has 1 aromatic carbocycles. The van der Waals surface area contributed by atoms with Crippen LogP contribution in [-0.2, 0) is 13.1 Å². The van der Waals surface area contributed by atoms with Crippen molar-refractivity contribution < 1.29 is 0 Å². The van der Waals surface area contributed by atoms with Crippen LogP contribution in [-0.4, -0.2) is 21.7 Å². The van der Waals surface area contributed by atoms with Crippen LogP contribution in [0.25, 0.3) is 5.69 Å². The Balaban J connectivity index is 2.14. The topological polar surface area (TPSA) is 21.1 Å². The fourth-order valence-electron chi connectivity index (χ4n) is 2.38. The fourth-order valence-corrected chi connectivity index (χ4v) is 2.77. The molecule has 2 aromatic rings. The molecule has 4 heteroatoms. The molecular formula is C13H14BrN3. The lowest BCUT2D eigenvalue weighted by Gasteiger charge is -2.09. The smallest absolute Gasteiger partial charge is 0.0660 e. The molecule has 0 saturated heterocycles. The Morgan fingerprint density at radius 3 is 2.88 bits per heavy atom. The van der Waals surface area contributed by atoms with Crippen LogP contribution in [0.5, 0.6) is 0 Å². The Hall–Kier alpha value is -1.13. The highest BCUT2D eigenvalue weighted by Gasteiger charge is 2.24. The third-order valence-corrected chi connectivity index (χ3v) is 3.68. The highest BCUT2D eigenvalue weighted by Crippen LogP contribution is 2.27. The minimum atomic E-state index is 0.975. The number of halogens is 1. The number of rotatable bonds is 1. The summed E-state index contributed by atoms with van der Waals surface area (Å²) in [5.41, 5.74) is 4.97. The van der Waals surface area contributed by atoms with Gasteiger partial charge in [-0.2, -0.15) is 5.10 Å². The number of aryl methyl sites for hydroxylation is 1. The molecule has 3 rings (SSSR count). The summed E-state index contributed by atoms with van der Waals surface area (Å²) in [6, 6.07) is 8.27. The van der Waals surface area contributed by atoms with Crippen LogP contribution in [0.1, 0.15) is 17.0 Å². The molecule has 3 nitrogen and oxygen atoms in total. The summed E-state index contributed by atoms with van der Waals surface area (Å²) in [6.07, 6.45) is 0. The van der Waals surface area contributed by atoms with Gasteiger partial charge in [0, 0.05) is 23.1 Å². The highest BCUT2D eigenvalue weighted by molar-refractivity contribution is 9.10. The van der Waals surface area contributed by atoms with E-state index in [-0.39, 0.29) is 0 Å². The van der Waals surface area contributed by atoms with Gasteiger partial charge in [-0.25, -0.2) is 4.68 Å². The van der Waals surface area contributed by atoms with E-state index in [2.05, 4.69) is 56.7 Å². The van der Waals surface area contributed by atoms with Gasteiger partial charge in [0.25, 0.3) is 0 Å². The molecule has 17 heavy (non-hydrogen) atoms. The molecule has 2 heterocycles. The van der Waals surface area contributed by atoms with E-state index in [1.165, 1.54) is 11.3 Å². The Morgan fingerprint density at radius 2 is 2.12 bits per heavy atom. The van der Waals surface area contributed by atoms with Crippen molar-refractivity contribution in [2.75, 3.05) is 7.05 Å². The first-order chi connectivity index (χ1) is 8.15. The number of fused-ring (bicyclic) bond motifs is 1. The van der Waals surface area contributed by atoms with E-state index in [1.807, 2.05) is 12.1 Å². The fraction of sp³-hybridized carbons (Fsp3) is 0.308. The van der Waals surface area contributed by atoms with Gasteiger partial charge < -0.3 is 0 Å². The van der Waals surface area contributed by atoms with Gasteiger partial charge in [0.1, 0.15) is 0 Å². The minimum absolute atomic E-state index is 0.975. The molecule has 0 saturated carbocycles. The molecule has 0 bridgehead atoms. The number of nitrogens with zero attached hydrogens (tertiary/aromatic N) is 3. The van der Waals surface area contributed by atoms with E-state index in [0.717, 1.165) is 28.9 Å². The second-order valence-electron chi connectivity index (χ2n) is 4.57. The van der Waals surface area contributed by atoms with Crippen molar-refractivity contribution in [2.24, 2.45) is 0 Å². The van der Waals surface area contributed by atoms with Crippen molar-refractivity contribution in [3.05, 3.63) is 45.7 Å². The zero-order chi connectivity index (χ0) is 12.0. The largest absolute Gasteiger partial charge is 0.296 e. The Bertz CT molecular complexity index is 574. The molecular weight excluding hydrogens is 278 g/mol. The maximum Gasteiger partial charge on any atom is 0.0660 e. The Kier molecular flexibility index (Phi) is 2.56. The molecule has 0 fully saturated rings. The van der Waals surface area contributed by atoms with Crippen LogP contribution in [0, 0.1) is 6.92 Å². The van der Waals surface area contributed by atoms with Crippen LogP contribution >= 0.6 is 15.9 Å². The van der Waals surface area contributed by atoms with Gasteiger partial charge in [0.15, 0.2) is 0 Å². The third kappa shape index (κ3) is 1.81. The van der Waals surface area contributed by atoms with Gasteiger partial charge in [-0.3, -0.25) is 4.90 Å². The molecule has 0 radical (unpaired) electrons. The van der Waals surface area contributed by atoms with Gasteiger partial charge in [0.2, 0.25) is 0 Å². The van der Waals surface area contributed by atoms with E-state index < -0.39 is 0 Å². The van der Waals surface area contributed by atoms with Crippen molar-refractivity contribution in [1.82, 2.24) is 14.7 Å². The molecule has 0 aliphatic carbocycles. The van der Waals surface area contributed by atoms with Crippen LogP contribution in [0.3, 0.4) is 0 Å². The summed E-state index contributed by atoms with van der Waals surface area (Å²) in [5.74, 6) is 0. The molecule has 0 unspecified atom stereocenters. The first kappa shape index (κ1) is 11.0. The molecule has 0 spiro atoms. The van der Waals surface area contributed by atoms with Gasteiger partial charge in [-0.1, -0.05) is 22.0 Å². The van der Waals surface area contributed by atoms with Crippen LogP contribution in [0.4, 0.5) is 0 Å². The second-order valence-corrected chi connectivity index (χ2v) is 5.49. The summed E-state index contributed by atoms with van der Waals surface area (Å²) < 4.78 is 3.15. The first-order valence-electron chi connectivity index (χ1n) is 5.67. The molecule has 0 N–H and O–H groups in total. The quantitative estimate of drug-likeness (QED) is 0.806. The summed E-state index contributed by atoms with van der Waals surface area (Å²) in [7, 11) is 2.14. The predicted octanol–water partition coefficient (Wildman–Crippen LogP) is 2.89. The van der Waals surface area contributed by atoms with Crippen molar-refractivity contribution in [2.45, 2.75) is 20.0 Å². The zero-order valence-electron chi connectivity index (χ0n) is 9.94. The summed E-state index contributed by atoms with van der Waals surface area (Å²) in [4.78, 5) is 2.31. The summed E-state index contributed by atoms with van der Waals surface area (Å²) >= 11 is 3.51. The average Bonchev–Trinajstić information content (AvgIpc) is 2.79. The van der Waals surface area contributed by atoms with Gasteiger partial charge in [-0.15, -0.1) is 0 Å². The molecule has 1 aromatic heterocycles. The van der Waals surface area contributed by atoms with Crippen LogP contribution in [0.15, 0.2) is 28.7 Å². The number of hydrogen-bond acceptors (Lipinski definition) is 2. The molecule has 0 amide bonds. The van der Waals surface area contributed by atoms with E-state index in [9.17, 15) is 0 Å². The lowest BCUT2D eigenvalue weighted by molar-refractivity contribution is 0.345. The third-order valence-electron chi connectivity index (χ3n) is 3.19. The van der Waals surface area contributed by atoms with Crippen molar-refractivity contribution in [3.8, 4) is 5.69 Å². The van der Waals surface area contributed by atoms with Crippen LogP contribution < -0.4 is 0 Å². The van der Waals surface area contributed by atoms with E-state index in [4.69, 9.17) is 0 Å². The monoisotopic (exact) mass is 291 g/mol. The van der Waals surface area contributed by atoms with Gasteiger partial charge in [-0.05, 0) is 32.2 Å². The number of hydrogen-bond donors (Lipinski definition) is 0. The second kappa shape index (κ2) is 3.96. The van der Waals surface area contributed by atoms with E-state index in [1.54, 1.807) is 0 Å². The molecule has 1 aliphatic heterocycles. The van der Waals surface area contributed by atoms with Crippen molar-refractivity contribution in [3.63, 3.8) is 0 Å². The summed E-state index contributed by atoms with van der Waals surface area (Å²) in [5, 5.41) is 4.65. The molecule has 0 atom stereocenters. The Morgan fingerprint density at radius 1 is 1.29 bits per heavy atom. The minimum Gasteiger partial charge on any atom is -0.296 e.